The lowest BCUT2D eigenvalue weighted by Gasteiger charge is -2.49. The molecule has 1 N–H and O–H groups in total. The minimum absolute atomic E-state index is 0.130. The molecule has 1 amide bonds. The number of nitrogens with zero attached hydrogens (tertiary/aromatic N) is 1. The van der Waals surface area contributed by atoms with E-state index in [9.17, 15) is 9.90 Å². The zero-order valence-electron chi connectivity index (χ0n) is 14.5. The van der Waals surface area contributed by atoms with Gasteiger partial charge in [0.25, 0.3) is 0 Å². The van der Waals surface area contributed by atoms with Gasteiger partial charge in [-0.15, -0.1) is 11.8 Å². The maximum atomic E-state index is 12.5. The molecule has 1 fully saturated rings. The van der Waals surface area contributed by atoms with Gasteiger partial charge in [-0.05, 0) is 25.0 Å². The molecule has 128 valence electrons. The summed E-state index contributed by atoms with van der Waals surface area (Å²) in [5.41, 5.74) is -0.0647. The van der Waals surface area contributed by atoms with Crippen LogP contribution in [0.15, 0.2) is 29.2 Å². The number of piperidine rings is 1. The summed E-state index contributed by atoms with van der Waals surface area (Å²) in [4.78, 5) is 15.5. The number of ether oxygens (including phenoxy) is 1. The number of benzene rings is 1. The summed E-state index contributed by atoms with van der Waals surface area (Å²) < 4.78 is 5.18. The molecule has 1 aromatic carbocycles. The van der Waals surface area contributed by atoms with E-state index in [-0.39, 0.29) is 11.3 Å². The summed E-state index contributed by atoms with van der Waals surface area (Å²) in [5, 5.41) is 10.8. The van der Waals surface area contributed by atoms with Gasteiger partial charge in [-0.2, -0.15) is 0 Å². The van der Waals surface area contributed by atoms with Crippen LogP contribution in [0.25, 0.3) is 0 Å². The number of carbonyl (C=O) groups excluding carboxylic acids is 1. The van der Waals surface area contributed by atoms with Crippen LogP contribution in [-0.4, -0.2) is 54.1 Å². The first kappa shape index (κ1) is 18.3. The first-order chi connectivity index (χ1) is 10.8. The van der Waals surface area contributed by atoms with Crippen molar-refractivity contribution >= 4 is 17.7 Å². The van der Waals surface area contributed by atoms with E-state index in [4.69, 9.17) is 4.74 Å². The van der Waals surface area contributed by atoms with Crippen molar-refractivity contribution in [1.82, 2.24) is 4.90 Å². The average Bonchev–Trinajstić information content (AvgIpc) is 2.49. The van der Waals surface area contributed by atoms with E-state index in [1.54, 1.807) is 18.9 Å². The lowest BCUT2D eigenvalue weighted by atomic mass is 9.70. The fourth-order valence-electron chi connectivity index (χ4n) is 3.03. The van der Waals surface area contributed by atoms with Gasteiger partial charge in [-0.1, -0.05) is 32.0 Å². The van der Waals surface area contributed by atoms with Gasteiger partial charge in [-0.25, -0.2) is 0 Å². The summed E-state index contributed by atoms with van der Waals surface area (Å²) in [6.07, 6.45) is 0.550. The normalized spacial score (nSPS) is 23.8. The maximum Gasteiger partial charge on any atom is 0.232 e. The van der Waals surface area contributed by atoms with Crippen molar-refractivity contribution in [2.45, 2.75) is 37.7 Å². The molecule has 5 heteroatoms. The topological polar surface area (TPSA) is 49.8 Å². The fourth-order valence-corrected chi connectivity index (χ4v) is 3.96. The summed E-state index contributed by atoms with van der Waals surface area (Å²) >= 11 is 1.58. The number of aliphatic hydroxyl groups is 1. The molecular weight excluding hydrogens is 310 g/mol. The SMILES string of the molecule is COCC1(O)CCN(C(=O)CSc2ccccc2C)CC1(C)C. The van der Waals surface area contributed by atoms with Crippen LogP contribution < -0.4 is 0 Å². The largest absolute Gasteiger partial charge is 0.387 e. The Balaban J connectivity index is 1.96. The third-order valence-electron chi connectivity index (χ3n) is 4.82. The Kier molecular flexibility index (Phi) is 5.76. The summed E-state index contributed by atoms with van der Waals surface area (Å²) in [7, 11) is 1.60. The average molecular weight is 337 g/mol. The molecule has 1 heterocycles. The van der Waals surface area contributed by atoms with Crippen molar-refractivity contribution in [3.8, 4) is 0 Å². The number of amides is 1. The molecule has 4 nitrogen and oxygen atoms in total. The highest BCUT2D eigenvalue weighted by atomic mass is 32.2. The standard InChI is InChI=1S/C18H27NO3S/c1-14-7-5-6-8-15(14)23-11-16(20)19-10-9-18(21,13-22-4)17(2,3)12-19/h5-8,21H,9-13H2,1-4H3. The van der Waals surface area contributed by atoms with Crippen molar-refractivity contribution in [1.29, 1.82) is 0 Å². The molecule has 1 atom stereocenters. The molecule has 0 saturated carbocycles. The van der Waals surface area contributed by atoms with Crippen LogP contribution in [0.5, 0.6) is 0 Å². The Bertz CT molecular complexity index is 561. The Hall–Kier alpha value is -1.04. The smallest absolute Gasteiger partial charge is 0.232 e. The number of hydrogen-bond acceptors (Lipinski definition) is 4. The Morgan fingerprint density at radius 3 is 2.70 bits per heavy atom. The van der Waals surface area contributed by atoms with E-state index in [1.165, 1.54) is 5.56 Å². The van der Waals surface area contributed by atoms with Gasteiger partial charge in [0.1, 0.15) is 0 Å². The van der Waals surface area contributed by atoms with Crippen LogP contribution in [0.2, 0.25) is 0 Å². The Labute approximate surface area is 143 Å². The predicted octanol–water partition coefficient (Wildman–Crippen LogP) is 2.72. The molecule has 0 spiro atoms. The number of thioether (sulfide) groups is 1. The van der Waals surface area contributed by atoms with Crippen molar-refractivity contribution in [2.24, 2.45) is 5.41 Å². The van der Waals surface area contributed by atoms with Crippen LogP contribution in [0.1, 0.15) is 25.8 Å². The van der Waals surface area contributed by atoms with Crippen molar-refractivity contribution < 1.29 is 14.6 Å². The number of methoxy groups -OCH3 is 1. The zero-order chi connectivity index (χ0) is 17.1. The van der Waals surface area contributed by atoms with Crippen molar-refractivity contribution in [2.75, 3.05) is 32.6 Å². The quantitative estimate of drug-likeness (QED) is 0.840. The van der Waals surface area contributed by atoms with Crippen LogP contribution >= 0.6 is 11.8 Å². The number of aryl methyl sites for hydroxylation is 1. The van der Waals surface area contributed by atoms with Crippen LogP contribution in [0.4, 0.5) is 0 Å². The number of likely N-dealkylation sites (tertiary alicyclic amines) is 1. The molecule has 1 aromatic rings. The zero-order valence-corrected chi connectivity index (χ0v) is 15.3. The fraction of sp³-hybridized carbons (Fsp3) is 0.611. The Morgan fingerprint density at radius 2 is 2.09 bits per heavy atom. The highest BCUT2D eigenvalue weighted by Crippen LogP contribution is 2.39. The minimum atomic E-state index is -0.873. The van der Waals surface area contributed by atoms with Crippen LogP contribution in [-0.2, 0) is 9.53 Å². The van der Waals surface area contributed by atoms with E-state index in [0.717, 1.165) is 4.90 Å². The van der Waals surface area contributed by atoms with Gasteiger partial charge < -0.3 is 14.7 Å². The Morgan fingerprint density at radius 1 is 1.39 bits per heavy atom. The molecule has 0 bridgehead atoms. The van der Waals surface area contributed by atoms with Crippen molar-refractivity contribution in [3.63, 3.8) is 0 Å². The second kappa shape index (κ2) is 7.24. The third-order valence-corrected chi connectivity index (χ3v) is 5.98. The first-order valence-corrected chi connectivity index (χ1v) is 8.95. The van der Waals surface area contributed by atoms with E-state index < -0.39 is 5.60 Å². The molecule has 1 aliphatic heterocycles. The molecule has 0 aliphatic carbocycles. The van der Waals surface area contributed by atoms with E-state index in [2.05, 4.69) is 13.0 Å². The predicted molar refractivity (Wildman–Crippen MR) is 93.7 cm³/mol. The number of rotatable bonds is 5. The number of carbonyl (C=O) groups is 1. The van der Waals surface area contributed by atoms with Gasteiger partial charge >= 0.3 is 0 Å². The molecule has 0 aromatic heterocycles. The van der Waals surface area contributed by atoms with Gasteiger partial charge in [0.05, 0.1) is 18.0 Å². The van der Waals surface area contributed by atoms with Crippen molar-refractivity contribution in [3.05, 3.63) is 29.8 Å². The van der Waals surface area contributed by atoms with E-state index in [0.29, 0.717) is 31.9 Å². The van der Waals surface area contributed by atoms with Crippen LogP contribution in [0, 0.1) is 12.3 Å². The van der Waals surface area contributed by atoms with E-state index in [1.807, 2.05) is 36.9 Å². The van der Waals surface area contributed by atoms with Gasteiger partial charge in [0, 0.05) is 30.5 Å². The summed E-state index contributed by atoms with van der Waals surface area (Å²) in [6.45, 7) is 7.50. The molecule has 1 unspecified atom stereocenters. The molecule has 1 saturated heterocycles. The lowest BCUT2D eigenvalue weighted by molar-refractivity contribution is -0.162. The molecule has 23 heavy (non-hydrogen) atoms. The van der Waals surface area contributed by atoms with Gasteiger partial charge in [0.15, 0.2) is 0 Å². The summed E-state index contributed by atoms with van der Waals surface area (Å²) in [6, 6.07) is 8.10. The second-order valence-corrected chi connectivity index (χ2v) is 7.99. The number of hydrogen-bond donors (Lipinski definition) is 1. The van der Waals surface area contributed by atoms with Crippen LogP contribution in [0.3, 0.4) is 0 Å². The highest BCUT2D eigenvalue weighted by molar-refractivity contribution is 8.00. The lowest BCUT2D eigenvalue weighted by Crippen LogP contribution is -2.60. The van der Waals surface area contributed by atoms with Gasteiger partial charge in [-0.3, -0.25) is 4.79 Å². The second-order valence-electron chi connectivity index (χ2n) is 6.97. The molecule has 2 rings (SSSR count). The third kappa shape index (κ3) is 4.08. The monoisotopic (exact) mass is 337 g/mol. The highest BCUT2D eigenvalue weighted by Gasteiger charge is 2.48. The minimum Gasteiger partial charge on any atom is -0.387 e. The first-order valence-electron chi connectivity index (χ1n) is 7.97. The molecule has 1 aliphatic rings. The maximum absolute atomic E-state index is 12.5. The molecular formula is C18H27NO3S. The summed E-state index contributed by atoms with van der Waals surface area (Å²) in [5.74, 6) is 0.565. The van der Waals surface area contributed by atoms with Gasteiger partial charge in [0.2, 0.25) is 5.91 Å². The molecule has 0 radical (unpaired) electrons. The van der Waals surface area contributed by atoms with E-state index >= 15 is 0 Å².